The average Bonchev–Trinajstić information content (AvgIpc) is 2.81. The summed E-state index contributed by atoms with van der Waals surface area (Å²) in [6.45, 7) is 0. The monoisotopic (exact) mass is 259 g/mol. The molecule has 1 N–H and O–H groups in total. The molecule has 2 atom stereocenters. The lowest BCUT2D eigenvalue weighted by molar-refractivity contribution is 0.504. The first-order chi connectivity index (χ1) is 9.20. The lowest BCUT2D eigenvalue weighted by Gasteiger charge is -2.12. The molecule has 3 rings (SSSR count). The van der Waals surface area contributed by atoms with Crippen LogP contribution >= 0.6 is 0 Å². The Morgan fingerprint density at radius 3 is 2.42 bits per heavy atom. The van der Waals surface area contributed by atoms with Crippen LogP contribution in [0, 0.1) is 11.6 Å². The van der Waals surface area contributed by atoms with Gasteiger partial charge in [-0.05, 0) is 42.3 Å². The summed E-state index contributed by atoms with van der Waals surface area (Å²) in [5.41, 5.74) is 3.29. The molecule has 0 fully saturated rings. The Morgan fingerprint density at radius 1 is 1.00 bits per heavy atom. The molecule has 0 spiro atoms. The second kappa shape index (κ2) is 4.74. The Balaban J connectivity index is 2.05. The van der Waals surface area contributed by atoms with Gasteiger partial charge in [-0.1, -0.05) is 30.3 Å². The highest BCUT2D eigenvalue weighted by Gasteiger charge is 2.30. The van der Waals surface area contributed by atoms with E-state index in [1.165, 1.54) is 23.3 Å². The third kappa shape index (κ3) is 2.04. The van der Waals surface area contributed by atoms with Gasteiger partial charge in [0.2, 0.25) is 0 Å². The van der Waals surface area contributed by atoms with Crippen molar-refractivity contribution in [1.29, 1.82) is 0 Å². The van der Waals surface area contributed by atoms with Crippen LogP contribution in [0.4, 0.5) is 8.78 Å². The summed E-state index contributed by atoms with van der Waals surface area (Å²) in [5, 5.41) is 3.28. The Morgan fingerprint density at radius 2 is 1.74 bits per heavy atom. The Kier molecular flexibility index (Phi) is 3.07. The fraction of sp³-hybridized carbons (Fsp3) is 0.250. The highest BCUT2D eigenvalue weighted by Crippen LogP contribution is 2.43. The number of hydrogen-bond acceptors (Lipinski definition) is 1. The van der Waals surface area contributed by atoms with Crippen LogP contribution in [0.25, 0.3) is 0 Å². The fourth-order valence-electron chi connectivity index (χ4n) is 2.95. The molecule has 0 aromatic heterocycles. The molecule has 1 aliphatic rings. The van der Waals surface area contributed by atoms with E-state index in [9.17, 15) is 8.78 Å². The fourth-order valence-corrected chi connectivity index (χ4v) is 2.95. The summed E-state index contributed by atoms with van der Waals surface area (Å²) in [4.78, 5) is 0. The summed E-state index contributed by atoms with van der Waals surface area (Å²) in [7, 11) is 1.93. The van der Waals surface area contributed by atoms with Gasteiger partial charge < -0.3 is 5.32 Å². The van der Waals surface area contributed by atoms with Crippen LogP contribution in [0.15, 0.2) is 42.5 Å². The molecule has 2 aromatic rings. The summed E-state index contributed by atoms with van der Waals surface area (Å²) in [5.74, 6) is -1.44. The molecule has 1 nitrogen and oxygen atoms in total. The Labute approximate surface area is 111 Å². The topological polar surface area (TPSA) is 12.0 Å². The first-order valence-corrected chi connectivity index (χ1v) is 6.41. The third-order valence-corrected chi connectivity index (χ3v) is 3.91. The highest BCUT2D eigenvalue weighted by atomic mass is 19.2. The van der Waals surface area contributed by atoms with Crippen molar-refractivity contribution < 1.29 is 8.78 Å². The zero-order valence-electron chi connectivity index (χ0n) is 10.7. The number of hydrogen-bond donors (Lipinski definition) is 1. The van der Waals surface area contributed by atoms with Crippen molar-refractivity contribution in [3.05, 3.63) is 70.8 Å². The van der Waals surface area contributed by atoms with Gasteiger partial charge in [0.25, 0.3) is 0 Å². The average molecular weight is 259 g/mol. The quantitative estimate of drug-likeness (QED) is 0.866. The molecule has 0 saturated carbocycles. The molecule has 0 saturated heterocycles. The van der Waals surface area contributed by atoms with Crippen LogP contribution in [0.3, 0.4) is 0 Å². The van der Waals surface area contributed by atoms with Gasteiger partial charge >= 0.3 is 0 Å². The molecule has 3 heteroatoms. The minimum absolute atomic E-state index is 0.128. The van der Waals surface area contributed by atoms with Crippen molar-refractivity contribution in [3.8, 4) is 0 Å². The third-order valence-electron chi connectivity index (χ3n) is 3.91. The minimum Gasteiger partial charge on any atom is -0.313 e. The molecule has 0 heterocycles. The van der Waals surface area contributed by atoms with Crippen LogP contribution in [0.5, 0.6) is 0 Å². The molecule has 0 radical (unpaired) electrons. The van der Waals surface area contributed by atoms with Crippen molar-refractivity contribution in [1.82, 2.24) is 5.32 Å². The number of nitrogens with one attached hydrogen (secondary N) is 1. The largest absolute Gasteiger partial charge is 0.313 e. The molecule has 0 aliphatic heterocycles. The zero-order chi connectivity index (χ0) is 13.4. The lowest BCUT2D eigenvalue weighted by atomic mass is 9.93. The molecule has 98 valence electrons. The van der Waals surface area contributed by atoms with Gasteiger partial charge in [-0.25, -0.2) is 8.78 Å². The van der Waals surface area contributed by atoms with Crippen LogP contribution in [0.2, 0.25) is 0 Å². The standard InChI is InChI=1S/C16H15F2N/c1-19-16-9-13(11-4-2-3-5-12(11)16)10-6-7-14(17)15(18)8-10/h2-8,13,16,19H,9H2,1H3/t13-,16+/m0/s1. The van der Waals surface area contributed by atoms with E-state index >= 15 is 0 Å². The molecule has 0 amide bonds. The van der Waals surface area contributed by atoms with Gasteiger partial charge in [0.1, 0.15) is 0 Å². The van der Waals surface area contributed by atoms with E-state index < -0.39 is 11.6 Å². The van der Waals surface area contributed by atoms with Gasteiger partial charge in [0.15, 0.2) is 11.6 Å². The van der Waals surface area contributed by atoms with Gasteiger partial charge in [-0.15, -0.1) is 0 Å². The van der Waals surface area contributed by atoms with E-state index in [0.717, 1.165) is 12.0 Å². The van der Waals surface area contributed by atoms with Crippen LogP contribution < -0.4 is 5.32 Å². The van der Waals surface area contributed by atoms with Crippen LogP contribution in [0.1, 0.15) is 35.1 Å². The lowest BCUT2D eigenvalue weighted by Crippen LogP contribution is -2.13. The first kappa shape index (κ1) is 12.3. The maximum atomic E-state index is 13.4. The molecule has 0 unspecified atom stereocenters. The van der Waals surface area contributed by atoms with Crippen molar-refractivity contribution in [3.63, 3.8) is 0 Å². The second-order valence-electron chi connectivity index (χ2n) is 4.93. The van der Waals surface area contributed by atoms with Crippen molar-refractivity contribution in [2.75, 3.05) is 7.05 Å². The van der Waals surface area contributed by atoms with Gasteiger partial charge in [0, 0.05) is 12.0 Å². The Hall–Kier alpha value is -1.74. The number of halogens is 2. The first-order valence-electron chi connectivity index (χ1n) is 6.41. The smallest absolute Gasteiger partial charge is 0.159 e. The summed E-state index contributed by atoms with van der Waals surface area (Å²) < 4.78 is 26.4. The number of rotatable bonds is 2. The minimum atomic E-state index is -0.791. The van der Waals surface area contributed by atoms with Crippen molar-refractivity contribution in [2.45, 2.75) is 18.4 Å². The van der Waals surface area contributed by atoms with E-state index in [1.54, 1.807) is 6.07 Å². The van der Waals surface area contributed by atoms with E-state index in [0.29, 0.717) is 0 Å². The van der Waals surface area contributed by atoms with Crippen LogP contribution in [-0.4, -0.2) is 7.05 Å². The second-order valence-corrected chi connectivity index (χ2v) is 4.93. The summed E-state index contributed by atoms with van der Waals surface area (Å²) in [6.07, 6.45) is 0.876. The van der Waals surface area contributed by atoms with Gasteiger partial charge in [-0.2, -0.15) is 0 Å². The SMILES string of the molecule is CN[C@@H]1C[C@@H](c2ccc(F)c(F)c2)c2ccccc21. The van der Waals surface area contributed by atoms with Gasteiger partial charge in [0.05, 0.1) is 0 Å². The zero-order valence-corrected chi connectivity index (χ0v) is 10.7. The van der Waals surface area contributed by atoms with Gasteiger partial charge in [-0.3, -0.25) is 0 Å². The predicted octanol–water partition coefficient (Wildman–Crippen LogP) is 3.76. The molecule has 19 heavy (non-hydrogen) atoms. The summed E-state index contributed by atoms with van der Waals surface area (Å²) in [6, 6.07) is 12.6. The molecular formula is C16H15F2N. The van der Waals surface area contributed by atoms with E-state index in [-0.39, 0.29) is 12.0 Å². The van der Waals surface area contributed by atoms with Crippen molar-refractivity contribution in [2.24, 2.45) is 0 Å². The summed E-state index contributed by atoms with van der Waals surface area (Å²) >= 11 is 0. The maximum Gasteiger partial charge on any atom is 0.159 e. The van der Waals surface area contributed by atoms with E-state index in [4.69, 9.17) is 0 Å². The Bertz CT molecular complexity index is 609. The maximum absolute atomic E-state index is 13.4. The van der Waals surface area contributed by atoms with E-state index in [1.807, 2.05) is 19.2 Å². The number of fused-ring (bicyclic) bond motifs is 1. The van der Waals surface area contributed by atoms with E-state index in [2.05, 4.69) is 17.4 Å². The highest BCUT2D eigenvalue weighted by molar-refractivity contribution is 5.44. The molecular weight excluding hydrogens is 244 g/mol. The predicted molar refractivity (Wildman–Crippen MR) is 71.1 cm³/mol. The normalized spacial score (nSPS) is 21.4. The molecule has 2 aromatic carbocycles. The molecule has 1 aliphatic carbocycles. The van der Waals surface area contributed by atoms with Crippen LogP contribution in [-0.2, 0) is 0 Å². The molecule has 0 bridgehead atoms. The number of benzene rings is 2. The van der Waals surface area contributed by atoms with Crippen molar-refractivity contribution >= 4 is 0 Å².